The smallest absolute Gasteiger partial charge is 0.161 e. The first kappa shape index (κ1) is 17.5. The first-order valence-corrected chi connectivity index (χ1v) is 9.93. The molecule has 2 aromatic heterocycles. The maximum absolute atomic E-state index is 9.92. The van der Waals surface area contributed by atoms with E-state index in [0.29, 0.717) is 5.75 Å². The Hall–Kier alpha value is -3.64. The number of hydrogen-bond donors (Lipinski definition) is 2. The molecular formula is C23H17N3O2S. The lowest BCUT2D eigenvalue weighted by molar-refractivity contribution is 0.373. The molecule has 0 aliphatic carbocycles. The van der Waals surface area contributed by atoms with E-state index in [4.69, 9.17) is 14.7 Å². The van der Waals surface area contributed by atoms with Crippen molar-refractivity contribution in [2.75, 3.05) is 7.11 Å². The average Bonchev–Trinajstić information content (AvgIpc) is 3.37. The number of phenolic OH excluding ortho intramolecular Hbond substituents is 1. The average molecular weight is 399 g/mol. The highest BCUT2D eigenvalue weighted by Gasteiger charge is 2.15. The Bertz CT molecular complexity index is 1230. The molecule has 0 amide bonds. The van der Waals surface area contributed by atoms with Crippen LogP contribution in [0.2, 0.25) is 0 Å². The van der Waals surface area contributed by atoms with Gasteiger partial charge in [-0.25, -0.2) is 9.97 Å². The molecule has 0 aliphatic rings. The summed E-state index contributed by atoms with van der Waals surface area (Å²) in [6.45, 7) is 0. The molecule has 0 unspecified atom stereocenters. The lowest BCUT2D eigenvalue weighted by atomic mass is 10.1. The molecule has 0 fully saturated rings. The molecule has 3 aromatic carbocycles. The zero-order valence-corrected chi connectivity index (χ0v) is 16.4. The summed E-state index contributed by atoms with van der Waals surface area (Å²) in [6.07, 6.45) is 2.01. The number of rotatable bonds is 4. The van der Waals surface area contributed by atoms with Gasteiger partial charge in [0.25, 0.3) is 0 Å². The number of benzene rings is 3. The van der Waals surface area contributed by atoms with Crippen molar-refractivity contribution in [2.24, 2.45) is 0 Å². The van der Waals surface area contributed by atoms with Gasteiger partial charge in [0.15, 0.2) is 11.5 Å². The monoisotopic (exact) mass is 399 g/mol. The SMILES string of the molecule is COc1cc(/C=C(\c2nc3ccccc3[nH]2)c2nc3ccccc3s2)ccc1O. The van der Waals surface area contributed by atoms with Crippen LogP contribution in [0.15, 0.2) is 66.7 Å². The van der Waals surface area contributed by atoms with Crippen molar-refractivity contribution < 1.29 is 9.84 Å². The molecule has 6 heteroatoms. The first-order valence-electron chi connectivity index (χ1n) is 9.11. The summed E-state index contributed by atoms with van der Waals surface area (Å²) in [6, 6.07) is 21.3. The van der Waals surface area contributed by atoms with E-state index in [9.17, 15) is 5.11 Å². The third kappa shape index (κ3) is 3.23. The van der Waals surface area contributed by atoms with Crippen molar-refractivity contribution in [1.29, 1.82) is 0 Å². The van der Waals surface area contributed by atoms with E-state index in [1.54, 1.807) is 23.5 Å². The van der Waals surface area contributed by atoms with E-state index in [0.717, 1.165) is 43.2 Å². The summed E-state index contributed by atoms with van der Waals surface area (Å²) >= 11 is 1.62. The van der Waals surface area contributed by atoms with Crippen molar-refractivity contribution in [2.45, 2.75) is 0 Å². The number of imidazole rings is 1. The predicted octanol–water partition coefficient (Wildman–Crippen LogP) is 5.48. The Kier molecular flexibility index (Phi) is 4.26. The number of ether oxygens (including phenoxy) is 1. The maximum Gasteiger partial charge on any atom is 0.161 e. The van der Waals surface area contributed by atoms with Gasteiger partial charge in [-0.05, 0) is 48.0 Å². The Morgan fingerprint density at radius 3 is 2.59 bits per heavy atom. The van der Waals surface area contributed by atoms with Gasteiger partial charge in [-0.1, -0.05) is 30.3 Å². The molecule has 29 heavy (non-hydrogen) atoms. The Balaban J connectivity index is 1.72. The van der Waals surface area contributed by atoms with Crippen LogP contribution in [0.4, 0.5) is 0 Å². The highest BCUT2D eigenvalue weighted by atomic mass is 32.1. The number of aromatic hydroxyl groups is 1. The second kappa shape index (κ2) is 7.07. The van der Waals surface area contributed by atoms with Crippen LogP contribution in [-0.2, 0) is 0 Å². The van der Waals surface area contributed by atoms with Crippen LogP contribution in [0.3, 0.4) is 0 Å². The van der Waals surface area contributed by atoms with Gasteiger partial charge >= 0.3 is 0 Å². The van der Waals surface area contributed by atoms with Crippen LogP contribution in [0, 0.1) is 0 Å². The molecular weight excluding hydrogens is 382 g/mol. The molecule has 0 bridgehead atoms. The maximum atomic E-state index is 9.92. The summed E-state index contributed by atoms with van der Waals surface area (Å²) in [7, 11) is 1.54. The molecule has 0 saturated heterocycles. The predicted molar refractivity (Wildman–Crippen MR) is 117 cm³/mol. The standard InChI is InChI=1S/C23H17N3O2S/c1-28-20-13-14(10-11-19(20)27)12-15(22-24-16-6-2-3-7-17(16)25-22)23-26-18-8-4-5-9-21(18)29-23/h2-13,27H,1H3,(H,24,25)/b15-12+. The third-order valence-electron chi connectivity index (χ3n) is 4.68. The summed E-state index contributed by atoms with van der Waals surface area (Å²) in [5, 5.41) is 10.8. The molecule has 0 atom stereocenters. The molecule has 0 saturated carbocycles. The third-order valence-corrected chi connectivity index (χ3v) is 5.75. The molecule has 2 N–H and O–H groups in total. The second-order valence-electron chi connectivity index (χ2n) is 6.58. The molecule has 5 rings (SSSR count). The van der Waals surface area contributed by atoms with Crippen LogP contribution < -0.4 is 4.74 Å². The highest BCUT2D eigenvalue weighted by Crippen LogP contribution is 2.34. The summed E-state index contributed by atoms with van der Waals surface area (Å²) in [4.78, 5) is 13.0. The lowest BCUT2D eigenvalue weighted by Gasteiger charge is -2.06. The van der Waals surface area contributed by atoms with E-state index in [1.165, 1.54) is 7.11 Å². The van der Waals surface area contributed by atoms with Crippen molar-refractivity contribution in [3.05, 3.63) is 83.1 Å². The van der Waals surface area contributed by atoms with Crippen LogP contribution in [0.25, 0.3) is 32.9 Å². The normalized spacial score (nSPS) is 12.0. The number of hydrogen-bond acceptors (Lipinski definition) is 5. The van der Waals surface area contributed by atoms with Gasteiger partial charge in [0.2, 0.25) is 0 Å². The van der Waals surface area contributed by atoms with Gasteiger partial charge in [-0.2, -0.15) is 0 Å². The quantitative estimate of drug-likeness (QED) is 0.420. The fourth-order valence-corrected chi connectivity index (χ4v) is 4.23. The van der Waals surface area contributed by atoms with Crippen LogP contribution >= 0.6 is 11.3 Å². The van der Waals surface area contributed by atoms with Gasteiger partial charge in [0.05, 0.1) is 33.9 Å². The number of H-pyrrole nitrogens is 1. The molecule has 0 aliphatic heterocycles. The van der Waals surface area contributed by atoms with Crippen molar-refractivity contribution in [3.63, 3.8) is 0 Å². The number of para-hydroxylation sites is 3. The Morgan fingerprint density at radius 2 is 1.79 bits per heavy atom. The van der Waals surface area contributed by atoms with Crippen LogP contribution in [0.5, 0.6) is 11.5 Å². The van der Waals surface area contributed by atoms with Gasteiger partial charge < -0.3 is 14.8 Å². The minimum atomic E-state index is 0.106. The van der Waals surface area contributed by atoms with E-state index >= 15 is 0 Å². The number of phenols is 1. The fourth-order valence-electron chi connectivity index (χ4n) is 3.25. The summed E-state index contributed by atoms with van der Waals surface area (Å²) < 4.78 is 6.38. The van der Waals surface area contributed by atoms with Gasteiger partial charge in [0, 0.05) is 0 Å². The molecule has 0 radical (unpaired) electrons. The molecule has 2 heterocycles. The Labute approximate surface area is 171 Å². The first-order chi connectivity index (χ1) is 14.2. The van der Waals surface area contributed by atoms with Crippen molar-refractivity contribution >= 4 is 44.2 Å². The lowest BCUT2D eigenvalue weighted by Crippen LogP contribution is -1.91. The van der Waals surface area contributed by atoms with Crippen LogP contribution in [-0.4, -0.2) is 27.2 Å². The zero-order valence-electron chi connectivity index (χ0n) is 15.6. The van der Waals surface area contributed by atoms with Crippen LogP contribution in [0.1, 0.15) is 16.4 Å². The molecule has 5 nitrogen and oxygen atoms in total. The van der Waals surface area contributed by atoms with E-state index in [-0.39, 0.29) is 5.75 Å². The molecule has 0 spiro atoms. The number of thiazole rings is 1. The summed E-state index contributed by atoms with van der Waals surface area (Å²) in [5.41, 5.74) is 4.60. The number of aromatic nitrogens is 3. The zero-order chi connectivity index (χ0) is 19.8. The minimum absolute atomic E-state index is 0.106. The number of nitrogens with one attached hydrogen (secondary N) is 1. The fraction of sp³-hybridized carbons (Fsp3) is 0.0435. The van der Waals surface area contributed by atoms with E-state index < -0.39 is 0 Å². The van der Waals surface area contributed by atoms with E-state index in [2.05, 4.69) is 11.1 Å². The van der Waals surface area contributed by atoms with Gasteiger partial charge in [-0.15, -0.1) is 11.3 Å². The number of methoxy groups -OCH3 is 1. The number of nitrogens with zero attached hydrogens (tertiary/aromatic N) is 2. The Morgan fingerprint density at radius 1 is 1.00 bits per heavy atom. The molecule has 142 valence electrons. The van der Waals surface area contributed by atoms with Gasteiger partial charge in [0.1, 0.15) is 10.8 Å². The number of fused-ring (bicyclic) bond motifs is 2. The largest absolute Gasteiger partial charge is 0.504 e. The van der Waals surface area contributed by atoms with Crippen molar-refractivity contribution in [3.8, 4) is 11.5 Å². The number of aromatic amines is 1. The molecule has 5 aromatic rings. The van der Waals surface area contributed by atoms with Crippen molar-refractivity contribution in [1.82, 2.24) is 15.0 Å². The summed E-state index contributed by atoms with van der Waals surface area (Å²) in [5.74, 6) is 1.28. The minimum Gasteiger partial charge on any atom is -0.504 e. The topological polar surface area (TPSA) is 71.0 Å². The second-order valence-corrected chi connectivity index (χ2v) is 7.61. The van der Waals surface area contributed by atoms with Gasteiger partial charge in [-0.3, -0.25) is 0 Å². The highest BCUT2D eigenvalue weighted by molar-refractivity contribution is 7.19. The van der Waals surface area contributed by atoms with E-state index in [1.807, 2.05) is 54.6 Å².